The molecule has 1 atom stereocenters. The van der Waals surface area contributed by atoms with Crippen molar-refractivity contribution in [2.45, 2.75) is 39.0 Å². The second-order valence-corrected chi connectivity index (χ2v) is 9.64. The maximum atomic E-state index is 14.4. The van der Waals surface area contributed by atoms with Gasteiger partial charge in [0.2, 0.25) is 5.95 Å². The van der Waals surface area contributed by atoms with Crippen LogP contribution in [0, 0.1) is 5.95 Å². The van der Waals surface area contributed by atoms with E-state index in [0.29, 0.717) is 55.5 Å². The van der Waals surface area contributed by atoms with Crippen LogP contribution in [0.2, 0.25) is 5.02 Å². The summed E-state index contributed by atoms with van der Waals surface area (Å²) in [6, 6.07) is 9.59. The number of imidazole rings is 1. The van der Waals surface area contributed by atoms with E-state index in [9.17, 15) is 9.18 Å². The first kappa shape index (κ1) is 23.5. The third-order valence-corrected chi connectivity index (χ3v) is 7.40. The van der Waals surface area contributed by atoms with Gasteiger partial charge in [0, 0.05) is 36.1 Å². The van der Waals surface area contributed by atoms with E-state index in [4.69, 9.17) is 26.1 Å². The minimum Gasteiger partial charge on any atom is -0.467 e. The van der Waals surface area contributed by atoms with E-state index in [1.807, 2.05) is 28.8 Å². The van der Waals surface area contributed by atoms with Crippen molar-refractivity contribution < 1.29 is 18.7 Å². The fourth-order valence-corrected chi connectivity index (χ4v) is 5.59. The number of hydrogen-bond acceptors (Lipinski definition) is 8. The molecule has 6 rings (SSSR count). The molecule has 11 heteroatoms. The monoisotopic (exact) mass is 522 g/mol. The first-order valence-electron chi connectivity index (χ1n) is 11.9. The van der Waals surface area contributed by atoms with Gasteiger partial charge in [-0.1, -0.05) is 23.7 Å². The molecule has 0 saturated carbocycles. The van der Waals surface area contributed by atoms with Crippen molar-refractivity contribution in [3.05, 3.63) is 64.6 Å². The molecular formula is C26H24ClFN6O3. The molecule has 2 aliphatic rings. The molecule has 0 amide bonds. The zero-order chi connectivity index (χ0) is 25.7. The normalized spacial score (nSPS) is 16.9. The van der Waals surface area contributed by atoms with Crippen molar-refractivity contribution in [1.29, 1.82) is 0 Å². The first-order chi connectivity index (χ1) is 18.0. The van der Waals surface area contributed by atoms with Crippen molar-refractivity contribution in [3.63, 3.8) is 0 Å². The minimum absolute atomic E-state index is 0.0720. The predicted octanol–water partition coefficient (Wildman–Crippen LogP) is 4.13. The molecule has 0 spiro atoms. The lowest BCUT2D eigenvalue weighted by atomic mass is 10.0. The van der Waals surface area contributed by atoms with Crippen LogP contribution in [0.5, 0.6) is 11.8 Å². The van der Waals surface area contributed by atoms with Crippen LogP contribution in [-0.4, -0.2) is 45.7 Å². The molecule has 2 aromatic heterocycles. The highest BCUT2D eigenvalue weighted by Gasteiger charge is 2.32. The van der Waals surface area contributed by atoms with Gasteiger partial charge in [-0.25, -0.2) is 4.98 Å². The topological polar surface area (TPSA) is 85.6 Å². The highest BCUT2D eigenvalue weighted by molar-refractivity contribution is 6.36. The molecular weight excluding hydrogens is 499 g/mol. The Morgan fingerprint density at radius 2 is 2.08 bits per heavy atom. The van der Waals surface area contributed by atoms with E-state index in [1.165, 1.54) is 7.11 Å². The fourth-order valence-electron chi connectivity index (χ4n) is 5.31. The summed E-state index contributed by atoms with van der Waals surface area (Å²) >= 11 is 6.62. The second-order valence-electron chi connectivity index (χ2n) is 9.24. The van der Waals surface area contributed by atoms with Gasteiger partial charge in [-0.15, -0.1) is 0 Å². The van der Waals surface area contributed by atoms with Gasteiger partial charge in [0.05, 0.1) is 48.6 Å². The summed E-state index contributed by atoms with van der Waals surface area (Å²) < 4.78 is 26.9. The van der Waals surface area contributed by atoms with E-state index < -0.39 is 5.95 Å². The molecule has 0 aliphatic carbocycles. The van der Waals surface area contributed by atoms with Gasteiger partial charge in [-0.2, -0.15) is 14.4 Å². The van der Waals surface area contributed by atoms with Crippen LogP contribution in [0.3, 0.4) is 0 Å². The fraction of sp³-hybridized carbons (Fsp3) is 0.308. The van der Waals surface area contributed by atoms with Crippen LogP contribution < -0.4 is 19.3 Å². The lowest BCUT2D eigenvalue weighted by molar-refractivity contribution is -0.120. The van der Waals surface area contributed by atoms with Crippen LogP contribution in [0.15, 0.2) is 36.7 Å². The Morgan fingerprint density at radius 1 is 1.22 bits per heavy atom. The van der Waals surface area contributed by atoms with Crippen molar-refractivity contribution in [2.24, 2.45) is 0 Å². The summed E-state index contributed by atoms with van der Waals surface area (Å²) in [7, 11) is 1.54. The summed E-state index contributed by atoms with van der Waals surface area (Å²) in [6.07, 6.45) is 2.20. The lowest BCUT2D eigenvalue weighted by Gasteiger charge is -2.38. The number of hydrogen-bond donors (Lipinski definition) is 0. The van der Waals surface area contributed by atoms with E-state index >= 15 is 0 Å². The minimum atomic E-state index is -0.459. The number of benzene rings is 2. The molecule has 2 aliphatic heterocycles. The van der Waals surface area contributed by atoms with Gasteiger partial charge >= 0.3 is 6.01 Å². The van der Waals surface area contributed by atoms with Gasteiger partial charge in [0.1, 0.15) is 11.6 Å². The van der Waals surface area contributed by atoms with Crippen molar-refractivity contribution in [1.82, 2.24) is 19.5 Å². The summed E-state index contributed by atoms with van der Waals surface area (Å²) in [5, 5.41) is 2.35. The molecule has 0 bridgehead atoms. The Labute approximate surface area is 217 Å². The molecule has 4 heterocycles. The zero-order valence-electron chi connectivity index (χ0n) is 20.3. The maximum Gasteiger partial charge on any atom is 0.318 e. The average molecular weight is 523 g/mol. The van der Waals surface area contributed by atoms with E-state index in [1.54, 1.807) is 12.4 Å². The number of rotatable bonds is 5. The van der Waals surface area contributed by atoms with Crippen LogP contribution in [-0.2, 0) is 30.8 Å². The SMILES string of the molecule is COc1nc2c(c(N3Cc4c(F)ncn4CC3C)n1)CCN(c1cc(OC=O)cc3cccc(Cl)c13)C2. The van der Waals surface area contributed by atoms with Crippen molar-refractivity contribution in [3.8, 4) is 11.8 Å². The van der Waals surface area contributed by atoms with Crippen molar-refractivity contribution >= 4 is 40.4 Å². The zero-order valence-corrected chi connectivity index (χ0v) is 21.1. The number of methoxy groups -OCH3 is 1. The van der Waals surface area contributed by atoms with Crippen LogP contribution in [0.1, 0.15) is 23.9 Å². The molecule has 0 saturated heterocycles. The Bertz CT molecular complexity index is 1530. The summed E-state index contributed by atoms with van der Waals surface area (Å²) in [5.41, 5.74) is 3.21. The van der Waals surface area contributed by atoms with E-state index in [2.05, 4.69) is 26.7 Å². The highest BCUT2D eigenvalue weighted by Crippen LogP contribution is 2.40. The first-order valence-corrected chi connectivity index (χ1v) is 12.3. The number of ether oxygens (including phenoxy) is 2. The number of carbonyl (C=O) groups excluding carboxylic acids is 1. The van der Waals surface area contributed by atoms with Gasteiger partial charge in [-0.05, 0) is 30.9 Å². The van der Waals surface area contributed by atoms with Crippen LogP contribution >= 0.6 is 11.6 Å². The van der Waals surface area contributed by atoms with E-state index in [-0.39, 0.29) is 12.1 Å². The molecule has 1 unspecified atom stereocenters. The third-order valence-electron chi connectivity index (χ3n) is 7.09. The van der Waals surface area contributed by atoms with E-state index in [0.717, 1.165) is 33.5 Å². The third kappa shape index (κ3) is 4.01. The lowest BCUT2D eigenvalue weighted by Crippen LogP contribution is -2.43. The predicted molar refractivity (Wildman–Crippen MR) is 137 cm³/mol. The quantitative estimate of drug-likeness (QED) is 0.362. The summed E-state index contributed by atoms with van der Waals surface area (Å²) in [6.45, 7) is 4.60. The molecule has 37 heavy (non-hydrogen) atoms. The van der Waals surface area contributed by atoms with Gasteiger partial charge in [0.15, 0.2) is 0 Å². The molecule has 0 fully saturated rings. The van der Waals surface area contributed by atoms with Crippen molar-refractivity contribution in [2.75, 3.05) is 23.5 Å². The number of halogens is 2. The van der Waals surface area contributed by atoms with Gasteiger partial charge in [0.25, 0.3) is 6.47 Å². The van der Waals surface area contributed by atoms with Gasteiger partial charge < -0.3 is 23.8 Å². The second kappa shape index (κ2) is 9.19. The highest BCUT2D eigenvalue weighted by atomic mass is 35.5. The Hall–Kier alpha value is -3.92. The standard InChI is InChI=1S/C26H24ClFN6O3/c1-15-10-33-13-29-24(28)22(33)12-34(15)25-18-6-7-32(11-20(18)30-26(31-25)36-2)21-9-17(37-14-35)8-16-4-3-5-19(27)23(16)21/h3-5,8-9,13-15H,6-7,10-12H2,1-2H3. The molecule has 0 N–H and O–H groups in total. The molecule has 9 nitrogen and oxygen atoms in total. The number of carbonyl (C=O) groups is 1. The molecule has 190 valence electrons. The number of aromatic nitrogens is 4. The van der Waals surface area contributed by atoms with Crippen LogP contribution in [0.4, 0.5) is 15.9 Å². The smallest absolute Gasteiger partial charge is 0.318 e. The maximum absolute atomic E-state index is 14.4. The largest absolute Gasteiger partial charge is 0.467 e. The Kier molecular flexibility index (Phi) is 5.83. The Morgan fingerprint density at radius 3 is 2.89 bits per heavy atom. The molecule has 0 radical (unpaired) electrons. The van der Waals surface area contributed by atoms with Crippen LogP contribution in [0.25, 0.3) is 10.8 Å². The molecule has 4 aromatic rings. The van der Waals surface area contributed by atoms with Gasteiger partial charge in [-0.3, -0.25) is 4.79 Å². The number of fused-ring (bicyclic) bond motifs is 3. The Balaban J connectivity index is 1.42. The molecule has 2 aromatic carbocycles. The summed E-state index contributed by atoms with van der Waals surface area (Å²) in [4.78, 5) is 28.6. The number of anilines is 2. The average Bonchev–Trinajstić information content (AvgIpc) is 3.26. The summed E-state index contributed by atoms with van der Waals surface area (Å²) in [5.74, 6) is 0.730. The number of nitrogens with zero attached hydrogens (tertiary/aromatic N) is 6.